The summed E-state index contributed by atoms with van der Waals surface area (Å²) in [7, 11) is 0. The van der Waals surface area contributed by atoms with E-state index in [9.17, 15) is 30.7 Å². The van der Waals surface area contributed by atoms with Crippen LogP contribution in [0.5, 0.6) is 0 Å². The molecule has 0 aliphatic heterocycles. The third-order valence-electron chi connectivity index (χ3n) is 0.652. The monoisotopic (exact) mass is 232 g/mol. The van der Waals surface area contributed by atoms with Gasteiger partial charge in [0, 0.05) is 0 Å². The molecule has 0 radical (unpaired) electrons. The van der Waals surface area contributed by atoms with Crippen LogP contribution in [0.1, 0.15) is 0 Å². The normalized spacial score (nSPS) is 12.0. The fourth-order valence-corrected chi connectivity index (χ4v) is 0.124. The van der Waals surface area contributed by atoms with E-state index >= 15 is 0 Å². The van der Waals surface area contributed by atoms with E-state index in [4.69, 9.17) is 15.0 Å². The molecule has 0 fully saturated rings. The van der Waals surface area contributed by atoms with Crippen molar-refractivity contribution in [1.29, 1.82) is 0 Å². The Kier molecular flexibility index (Phi) is 5.30. The summed E-state index contributed by atoms with van der Waals surface area (Å²) >= 11 is 0. The van der Waals surface area contributed by atoms with E-state index in [2.05, 4.69) is 0 Å². The van der Waals surface area contributed by atoms with Crippen LogP contribution in [0.2, 0.25) is 0 Å². The van der Waals surface area contributed by atoms with Crippen LogP contribution in [-0.4, -0.2) is 34.9 Å². The Hall–Kier alpha value is -1.22. The molecule has 0 aromatic carbocycles. The first-order valence-electron chi connectivity index (χ1n) is 2.57. The van der Waals surface area contributed by atoms with Gasteiger partial charge in [-0.25, -0.2) is 13.6 Å². The number of halogens is 7. The zero-order chi connectivity index (χ0) is 12.2. The Labute approximate surface area is 71.7 Å². The first kappa shape index (κ1) is 15.3. The summed E-state index contributed by atoms with van der Waals surface area (Å²) in [5.74, 6) is -5.90. The van der Waals surface area contributed by atoms with Crippen LogP contribution in [0, 0.1) is 0 Å². The molecule has 14 heavy (non-hydrogen) atoms. The highest BCUT2D eigenvalue weighted by Gasteiger charge is 2.64. The van der Waals surface area contributed by atoms with Crippen molar-refractivity contribution in [2.75, 3.05) is 0 Å². The molecular weight excluding hydrogens is 229 g/mol. The lowest BCUT2D eigenvalue weighted by Crippen LogP contribution is -2.42. The van der Waals surface area contributed by atoms with E-state index in [1.54, 1.807) is 0 Å². The number of hydrogen-bond donors (Lipinski definition) is 2. The van der Waals surface area contributed by atoms with E-state index in [-0.39, 0.29) is 0 Å². The summed E-state index contributed by atoms with van der Waals surface area (Å²) in [5.41, 5.74) is 0. The van der Waals surface area contributed by atoms with Gasteiger partial charge in [0.1, 0.15) is 0 Å². The van der Waals surface area contributed by atoms with Crippen LogP contribution >= 0.6 is 0 Å². The zero-order valence-corrected chi connectivity index (χ0v) is 6.03. The van der Waals surface area contributed by atoms with E-state index < -0.39 is 24.7 Å². The molecule has 0 aromatic rings. The lowest BCUT2D eigenvalue weighted by molar-refractivity contribution is -0.320. The highest BCUT2D eigenvalue weighted by atomic mass is 19.4. The summed E-state index contributed by atoms with van der Waals surface area (Å²) in [6, 6.07) is 0. The Bertz CT molecular complexity index is 182. The average Bonchev–Trinajstić information content (AvgIpc) is 1.82. The van der Waals surface area contributed by atoms with Gasteiger partial charge in [0.25, 0.3) is 0 Å². The van der Waals surface area contributed by atoms with Crippen molar-refractivity contribution in [3.05, 3.63) is 0 Å². The van der Waals surface area contributed by atoms with Crippen molar-refractivity contribution in [3.8, 4) is 0 Å². The van der Waals surface area contributed by atoms with Gasteiger partial charge in [-0.1, -0.05) is 0 Å². The first-order valence-corrected chi connectivity index (χ1v) is 2.57. The molecule has 0 atom stereocenters. The lowest BCUT2D eigenvalue weighted by atomic mass is 10.3. The van der Waals surface area contributed by atoms with Crippen molar-refractivity contribution in [2.45, 2.75) is 18.5 Å². The maximum atomic E-state index is 11.2. The van der Waals surface area contributed by atoms with Gasteiger partial charge in [-0.15, -0.1) is 0 Å². The molecule has 0 bridgehead atoms. The standard InChI is InChI=1S/C3HF7.CH2O3/c4-1(5)2(6,7)3(8,9)10;2-1(3)4/h1H;(H2,2,3,4). The first-order chi connectivity index (χ1) is 5.93. The van der Waals surface area contributed by atoms with E-state index in [1.807, 2.05) is 0 Å². The highest BCUT2D eigenvalue weighted by Crippen LogP contribution is 2.39. The molecule has 0 unspecified atom stereocenters. The molecule has 2 N–H and O–H groups in total. The maximum Gasteiger partial charge on any atom is 0.503 e. The predicted octanol–water partition coefficient (Wildman–Crippen LogP) is 2.67. The molecule has 3 nitrogen and oxygen atoms in total. The fourth-order valence-electron chi connectivity index (χ4n) is 0.124. The summed E-state index contributed by atoms with van der Waals surface area (Å²) in [5, 5.41) is 13.9. The predicted molar refractivity (Wildman–Crippen MR) is 27.7 cm³/mol. The van der Waals surface area contributed by atoms with Crippen molar-refractivity contribution in [1.82, 2.24) is 0 Å². The van der Waals surface area contributed by atoms with Crippen LogP contribution in [0.15, 0.2) is 0 Å². The number of carboxylic acid groups (broad SMARTS) is 2. The van der Waals surface area contributed by atoms with Crippen molar-refractivity contribution in [2.24, 2.45) is 0 Å². The number of alkyl halides is 7. The summed E-state index contributed by atoms with van der Waals surface area (Å²) in [4.78, 5) is 8.56. The number of hydrogen-bond acceptors (Lipinski definition) is 1. The van der Waals surface area contributed by atoms with Gasteiger partial charge in [0.05, 0.1) is 0 Å². The average molecular weight is 232 g/mol. The van der Waals surface area contributed by atoms with Crippen molar-refractivity contribution < 1.29 is 45.7 Å². The minimum absolute atomic E-state index is 1.83. The lowest BCUT2D eigenvalue weighted by Gasteiger charge is -2.17. The van der Waals surface area contributed by atoms with E-state index in [1.165, 1.54) is 0 Å². The second-order valence-electron chi connectivity index (χ2n) is 1.70. The topological polar surface area (TPSA) is 57.5 Å². The third kappa shape index (κ3) is 5.43. The molecular formula is C4H3F7O3. The van der Waals surface area contributed by atoms with Crippen LogP contribution in [0.3, 0.4) is 0 Å². The number of rotatable bonds is 1. The molecule has 0 aromatic heterocycles. The van der Waals surface area contributed by atoms with Crippen LogP contribution in [0.25, 0.3) is 0 Å². The fraction of sp³-hybridized carbons (Fsp3) is 0.750. The largest absolute Gasteiger partial charge is 0.503 e. The molecule has 0 aliphatic rings. The smallest absolute Gasteiger partial charge is 0.450 e. The van der Waals surface area contributed by atoms with E-state index in [0.29, 0.717) is 0 Å². The molecule has 10 heteroatoms. The van der Waals surface area contributed by atoms with Crippen molar-refractivity contribution in [3.63, 3.8) is 0 Å². The molecule has 0 spiro atoms. The minimum atomic E-state index is -6.17. The molecule has 0 saturated carbocycles. The van der Waals surface area contributed by atoms with Crippen molar-refractivity contribution >= 4 is 6.16 Å². The molecule has 0 amide bonds. The maximum absolute atomic E-state index is 11.2. The Morgan fingerprint density at radius 1 is 1.00 bits per heavy atom. The van der Waals surface area contributed by atoms with Gasteiger partial charge in [-0.3, -0.25) is 0 Å². The van der Waals surface area contributed by atoms with Gasteiger partial charge in [0.15, 0.2) is 0 Å². The SMILES string of the molecule is FC(F)C(F)(F)C(F)(F)F.O=C(O)O. The Morgan fingerprint density at radius 2 is 1.21 bits per heavy atom. The van der Waals surface area contributed by atoms with Gasteiger partial charge in [-0.05, 0) is 0 Å². The molecule has 0 rings (SSSR count). The quantitative estimate of drug-likeness (QED) is 0.683. The van der Waals surface area contributed by atoms with Crippen LogP contribution in [-0.2, 0) is 0 Å². The molecule has 0 saturated heterocycles. The zero-order valence-electron chi connectivity index (χ0n) is 6.03. The summed E-state index contributed by atoms with van der Waals surface area (Å²) in [6.45, 7) is 0. The Balaban J connectivity index is 0. The highest BCUT2D eigenvalue weighted by molar-refractivity contribution is 5.53. The van der Waals surface area contributed by atoms with E-state index in [0.717, 1.165) is 0 Å². The number of carbonyl (C=O) groups is 1. The second-order valence-corrected chi connectivity index (χ2v) is 1.70. The van der Waals surface area contributed by atoms with Gasteiger partial charge in [0.2, 0.25) is 0 Å². The second kappa shape index (κ2) is 4.86. The summed E-state index contributed by atoms with van der Waals surface area (Å²) < 4.78 is 76.6. The summed E-state index contributed by atoms with van der Waals surface area (Å²) in [6.07, 6.45) is -12.7. The molecule has 0 aliphatic carbocycles. The van der Waals surface area contributed by atoms with Gasteiger partial charge in [-0.2, -0.15) is 22.0 Å². The third-order valence-corrected chi connectivity index (χ3v) is 0.652. The van der Waals surface area contributed by atoms with Crippen LogP contribution < -0.4 is 0 Å². The minimum Gasteiger partial charge on any atom is -0.450 e. The molecule has 0 heterocycles. The molecule has 86 valence electrons. The Morgan fingerprint density at radius 3 is 1.21 bits per heavy atom. The van der Waals surface area contributed by atoms with Gasteiger partial charge >= 0.3 is 24.7 Å². The van der Waals surface area contributed by atoms with Gasteiger partial charge < -0.3 is 10.2 Å². The van der Waals surface area contributed by atoms with Crippen LogP contribution in [0.4, 0.5) is 35.5 Å².